The first-order chi connectivity index (χ1) is 6.85. The largest absolute Gasteiger partial charge is 0.391 e. The van der Waals surface area contributed by atoms with Gasteiger partial charge in [-0.2, -0.15) is 0 Å². The second-order valence-electron chi connectivity index (χ2n) is 5.07. The van der Waals surface area contributed by atoms with E-state index in [0.29, 0.717) is 12.5 Å². The molecular weight excluding hydrogens is 190 g/mol. The molecule has 0 rings (SSSR count). The number of hydrogen-bond acceptors (Lipinski definition) is 2. The summed E-state index contributed by atoms with van der Waals surface area (Å²) in [6, 6.07) is 0. The fourth-order valence-electron chi connectivity index (χ4n) is 1.28. The van der Waals surface area contributed by atoms with Crippen molar-refractivity contribution in [1.29, 1.82) is 0 Å². The van der Waals surface area contributed by atoms with Gasteiger partial charge in [-0.1, -0.05) is 27.7 Å². The Morgan fingerprint density at radius 2 is 2.07 bits per heavy atom. The van der Waals surface area contributed by atoms with Gasteiger partial charge in [0.2, 0.25) is 0 Å². The van der Waals surface area contributed by atoms with Crippen molar-refractivity contribution in [3.63, 3.8) is 0 Å². The Morgan fingerprint density at radius 3 is 2.53 bits per heavy atom. The average molecular weight is 215 g/mol. The third-order valence-corrected chi connectivity index (χ3v) is 1.88. The monoisotopic (exact) mass is 215 g/mol. The summed E-state index contributed by atoms with van der Waals surface area (Å²) in [6.45, 7) is 9.55. The molecule has 0 saturated carbocycles. The summed E-state index contributed by atoms with van der Waals surface area (Å²) in [5.41, 5.74) is 5.73. The second kappa shape index (κ2) is 6.67. The summed E-state index contributed by atoms with van der Waals surface area (Å²) in [5.74, 6) is 0.421. The first-order valence-corrected chi connectivity index (χ1v) is 5.57. The van der Waals surface area contributed by atoms with Crippen molar-refractivity contribution in [2.75, 3.05) is 13.1 Å². The van der Waals surface area contributed by atoms with Gasteiger partial charge in [0.15, 0.2) is 5.96 Å². The topological polar surface area (TPSA) is 70.6 Å². The lowest BCUT2D eigenvalue weighted by molar-refractivity contribution is 0.129. The lowest BCUT2D eigenvalue weighted by Gasteiger charge is -2.21. The van der Waals surface area contributed by atoms with Crippen molar-refractivity contribution in [2.24, 2.45) is 16.1 Å². The fraction of sp³-hybridized carbons (Fsp3) is 0.909. The van der Waals surface area contributed by atoms with Crippen LogP contribution in [-0.4, -0.2) is 30.3 Å². The molecule has 90 valence electrons. The molecule has 0 aromatic rings. The van der Waals surface area contributed by atoms with Gasteiger partial charge in [-0.15, -0.1) is 0 Å². The van der Waals surface area contributed by atoms with Gasteiger partial charge >= 0.3 is 0 Å². The van der Waals surface area contributed by atoms with Gasteiger partial charge in [0.05, 0.1) is 12.6 Å². The van der Waals surface area contributed by atoms with Gasteiger partial charge in [-0.05, 0) is 18.3 Å². The van der Waals surface area contributed by atoms with Crippen molar-refractivity contribution in [2.45, 2.75) is 46.6 Å². The minimum atomic E-state index is -0.410. The maximum absolute atomic E-state index is 9.67. The van der Waals surface area contributed by atoms with Crippen LogP contribution in [-0.2, 0) is 0 Å². The van der Waals surface area contributed by atoms with Gasteiger partial charge < -0.3 is 16.2 Å². The summed E-state index contributed by atoms with van der Waals surface area (Å²) in [7, 11) is 0. The quantitative estimate of drug-likeness (QED) is 0.475. The van der Waals surface area contributed by atoms with E-state index in [1.165, 1.54) is 0 Å². The van der Waals surface area contributed by atoms with Crippen molar-refractivity contribution >= 4 is 5.96 Å². The Hall–Kier alpha value is -0.770. The summed E-state index contributed by atoms with van der Waals surface area (Å²) in [5, 5.41) is 12.6. The molecule has 0 fully saturated rings. The van der Waals surface area contributed by atoms with E-state index in [2.05, 4.69) is 38.0 Å². The van der Waals surface area contributed by atoms with Gasteiger partial charge in [-0.25, -0.2) is 0 Å². The van der Waals surface area contributed by atoms with Crippen molar-refractivity contribution < 1.29 is 5.11 Å². The van der Waals surface area contributed by atoms with Crippen LogP contribution in [0.5, 0.6) is 0 Å². The standard InChI is InChI=1S/C11H25N3O/c1-5-6-13-10(12)14-8-9(15)7-11(2,3)4/h9,15H,5-8H2,1-4H3,(H3,12,13,14). The number of hydrogen-bond donors (Lipinski definition) is 3. The zero-order valence-electron chi connectivity index (χ0n) is 10.4. The average Bonchev–Trinajstić information content (AvgIpc) is 2.08. The predicted octanol–water partition coefficient (Wildman–Crippen LogP) is 1.10. The van der Waals surface area contributed by atoms with Crippen molar-refractivity contribution in [3.05, 3.63) is 0 Å². The number of aliphatic hydroxyl groups is 1. The van der Waals surface area contributed by atoms with E-state index < -0.39 is 6.10 Å². The van der Waals surface area contributed by atoms with Gasteiger partial charge in [0, 0.05) is 6.54 Å². The molecule has 4 N–H and O–H groups in total. The smallest absolute Gasteiger partial charge is 0.188 e. The maximum Gasteiger partial charge on any atom is 0.188 e. The SMILES string of the molecule is CCCNC(N)=NCC(O)CC(C)(C)C. The molecule has 4 nitrogen and oxygen atoms in total. The van der Waals surface area contributed by atoms with E-state index >= 15 is 0 Å². The molecule has 0 aromatic heterocycles. The first kappa shape index (κ1) is 14.2. The minimum absolute atomic E-state index is 0.126. The molecule has 0 aliphatic rings. The first-order valence-electron chi connectivity index (χ1n) is 5.57. The Bertz CT molecular complexity index is 196. The summed E-state index contributed by atoms with van der Waals surface area (Å²) < 4.78 is 0. The third-order valence-electron chi connectivity index (χ3n) is 1.88. The Kier molecular flexibility index (Phi) is 6.32. The van der Waals surface area contributed by atoms with Crippen molar-refractivity contribution in [3.8, 4) is 0 Å². The molecule has 15 heavy (non-hydrogen) atoms. The van der Waals surface area contributed by atoms with Crippen LogP contribution in [0.2, 0.25) is 0 Å². The molecule has 1 unspecified atom stereocenters. The van der Waals surface area contributed by atoms with Crippen LogP contribution in [0.3, 0.4) is 0 Å². The highest BCUT2D eigenvalue weighted by Crippen LogP contribution is 2.20. The Balaban J connectivity index is 3.82. The Morgan fingerprint density at radius 1 is 1.47 bits per heavy atom. The highest BCUT2D eigenvalue weighted by molar-refractivity contribution is 5.77. The van der Waals surface area contributed by atoms with Gasteiger partial charge in [0.25, 0.3) is 0 Å². The van der Waals surface area contributed by atoms with Crippen LogP contribution in [0.1, 0.15) is 40.5 Å². The number of aliphatic imine (C=N–C) groups is 1. The lowest BCUT2D eigenvalue weighted by Crippen LogP contribution is -2.33. The zero-order chi connectivity index (χ0) is 11.9. The van der Waals surface area contributed by atoms with Crippen LogP contribution < -0.4 is 11.1 Å². The van der Waals surface area contributed by atoms with E-state index in [1.807, 2.05) is 0 Å². The van der Waals surface area contributed by atoms with Gasteiger partial charge in [0.1, 0.15) is 0 Å². The molecular formula is C11H25N3O. The van der Waals surface area contributed by atoms with Crippen LogP contribution in [0.15, 0.2) is 4.99 Å². The molecule has 0 saturated heterocycles. The molecule has 0 radical (unpaired) electrons. The van der Waals surface area contributed by atoms with E-state index in [1.54, 1.807) is 0 Å². The molecule has 0 aromatic carbocycles. The van der Waals surface area contributed by atoms with E-state index in [9.17, 15) is 5.11 Å². The normalized spacial score (nSPS) is 15.1. The van der Waals surface area contributed by atoms with Crippen LogP contribution in [0.4, 0.5) is 0 Å². The molecule has 0 aliphatic heterocycles. The number of guanidine groups is 1. The lowest BCUT2D eigenvalue weighted by atomic mass is 9.89. The molecule has 0 amide bonds. The van der Waals surface area contributed by atoms with Crippen molar-refractivity contribution in [1.82, 2.24) is 5.32 Å². The fourth-order valence-corrected chi connectivity index (χ4v) is 1.28. The maximum atomic E-state index is 9.67. The third kappa shape index (κ3) is 9.53. The van der Waals surface area contributed by atoms with E-state index in [0.717, 1.165) is 19.4 Å². The summed E-state index contributed by atoms with van der Waals surface area (Å²) in [6.07, 6.45) is 1.34. The molecule has 0 aliphatic carbocycles. The Labute approximate surface area is 93.0 Å². The molecule has 0 heterocycles. The van der Waals surface area contributed by atoms with Crippen LogP contribution >= 0.6 is 0 Å². The van der Waals surface area contributed by atoms with E-state index in [-0.39, 0.29) is 5.41 Å². The number of rotatable bonds is 5. The highest BCUT2D eigenvalue weighted by atomic mass is 16.3. The molecule has 1 atom stereocenters. The highest BCUT2D eigenvalue weighted by Gasteiger charge is 2.16. The minimum Gasteiger partial charge on any atom is -0.391 e. The number of aliphatic hydroxyl groups excluding tert-OH is 1. The molecule has 4 heteroatoms. The number of nitrogens with one attached hydrogen (secondary N) is 1. The second-order valence-corrected chi connectivity index (χ2v) is 5.07. The predicted molar refractivity (Wildman–Crippen MR) is 64.9 cm³/mol. The summed E-state index contributed by atoms with van der Waals surface area (Å²) >= 11 is 0. The summed E-state index contributed by atoms with van der Waals surface area (Å²) in [4.78, 5) is 4.08. The number of nitrogens with two attached hydrogens (primary N) is 1. The molecule has 0 bridgehead atoms. The van der Waals surface area contributed by atoms with E-state index in [4.69, 9.17) is 5.73 Å². The zero-order valence-corrected chi connectivity index (χ0v) is 10.4. The van der Waals surface area contributed by atoms with Crippen LogP contribution in [0.25, 0.3) is 0 Å². The number of nitrogens with zero attached hydrogens (tertiary/aromatic N) is 1. The van der Waals surface area contributed by atoms with Gasteiger partial charge in [-0.3, -0.25) is 4.99 Å². The van der Waals surface area contributed by atoms with Crippen LogP contribution in [0, 0.1) is 5.41 Å². The molecule has 0 spiro atoms.